The average molecular weight is 169 g/mol. The highest BCUT2D eigenvalue weighted by atomic mass is 16.3. The van der Waals surface area contributed by atoms with Crippen molar-refractivity contribution in [3.05, 3.63) is 0 Å². The van der Waals surface area contributed by atoms with Gasteiger partial charge in [0.1, 0.15) is 6.29 Å². The molecule has 68 valence electrons. The van der Waals surface area contributed by atoms with Crippen molar-refractivity contribution in [2.24, 2.45) is 11.8 Å². The van der Waals surface area contributed by atoms with Crippen LogP contribution in [0.25, 0.3) is 0 Å². The van der Waals surface area contributed by atoms with Crippen LogP contribution in [0, 0.1) is 11.8 Å². The molecule has 1 N–H and O–H groups in total. The number of carbonyl (C=O) groups is 1. The van der Waals surface area contributed by atoms with Crippen LogP contribution in [0.3, 0.4) is 0 Å². The number of nitrogens with zero attached hydrogens (tertiary/aromatic N) is 1. The van der Waals surface area contributed by atoms with Gasteiger partial charge in [0.25, 0.3) is 0 Å². The fourth-order valence-electron chi connectivity index (χ4n) is 2.63. The van der Waals surface area contributed by atoms with Gasteiger partial charge >= 0.3 is 0 Å². The van der Waals surface area contributed by atoms with Gasteiger partial charge in [-0.25, -0.2) is 0 Å². The Kier molecular flexibility index (Phi) is 2.15. The van der Waals surface area contributed by atoms with E-state index in [0.717, 1.165) is 32.2 Å². The van der Waals surface area contributed by atoms with E-state index in [0.29, 0.717) is 5.92 Å². The van der Waals surface area contributed by atoms with Crippen LogP contribution in [0.4, 0.5) is 0 Å². The molecule has 0 aromatic heterocycles. The molecule has 0 spiro atoms. The molecule has 3 aliphatic rings. The number of aldehydes is 1. The largest absolute Gasteiger partial charge is 0.395 e. The van der Waals surface area contributed by atoms with Gasteiger partial charge < -0.3 is 9.90 Å². The third-order valence-corrected chi connectivity index (χ3v) is 3.38. The van der Waals surface area contributed by atoms with Crippen LogP contribution in [0.5, 0.6) is 0 Å². The molecule has 2 bridgehead atoms. The molecule has 2 atom stereocenters. The van der Waals surface area contributed by atoms with E-state index >= 15 is 0 Å². The van der Waals surface area contributed by atoms with Crippen LogP contribution in [0.1, 0.15) is 12.8 Å². The van der Waals surface area contributed by atoms with Crippen LogP contribution in [-0.2, 0) is 4.79 Å². The minimum Gasteiger partial charge on any atom is -0.395 e. The zero-order valence-electron chi connectivity index (χ0n) is 7.15. The van der Waals surface area contributed by atoms with Crippen molar-refractivity contribution in [2.45, 2.75) is 18.9 Å². The third-order valence-electron chi connectivity index (χ3n) is 3.38. The van der Waals surface area contributed by atoms with Gasteiger partial charge in [-0.1, -0.05) is 0 Å². The summed E-state index contributed by atoms with van der Waals surface area (Å²) in [6.45, 7) is 2.28. The summed E-state index contributed by atoms with van der Waals surface area (Å²) in [5.74, 6) is 0.641. The predicted octanol–water partition coefficient (Wildman–Crippen LogP) is -0.112. The van der Waals surface area contributed by atoms with Crippen LogP contribution in [0.2, 0.25) is 0 Å². The Morgan fingerprint density at radius 2 is 2.08 bits per heavy atom. The average Bonchev–Trinajstić information content (AvgIpc) is 2.18. The summed E-state index contributed by atoms with van der Waals surface area (Å²) in [5.41, 5.74) is 0. The standard InChI is InChI=1S/C9H15NO2/c11-5-8-7-1-3-10(4-2-7)9(8)6-12/h5,7-9,12H,1-4,6H2. The summed E-state index contributed by atoms with van der Waals surface area (Å²) in [6, 6.07) is 0.120. The lowest BCUT2D eigenvalue weighted by molar-refractivity contribution is -0.122. The minimum atomic E-state index is 0.0949. The summed E-state index contributed by atoms with van der Waals surface area (Å²) in [5, 5.41) is 9.11. The van der Waals surface area contributed by atoms with E-state index in [1.54, 1.807) is 0 Å². The summed E-state index contributed by atoms with van der Waals surface area (Å²) in [7, 11) is 0. The number of piperidine rings is 3. The molecule has 3 saturated heterocycles. The second kappa shape index (κ2) is 3.15. The van der Waals surface area contributed by atoms with Gasteiger partial charge in [-0.2, -0.15) is 0 Å². The van der Waals surface area contributed by atoms with Crippen LogP contribution >= 0.6 is 0 Å². The lowest BCUT2D eigenvalue weighted by atomic mass is 9.75. The Balaban J connectivity index is 2.15. The maximum absolute atomic E-state index is 10.8. The molecule has 2 unspecified atom stereocenters. The number of aliphatic hydroxyl groups is 1. The zero-order valence-corrected chi connectivity index (χ0v) is 7.15. The fourth-order valence-corrected chi connectivity index (χ4v) is 2.63. The number of carbonyl (C=O) groups excluding carboxylic acids is 1. The molecule has 0 aromatic carbocycles. The van der Waals surface area contributed by atoms with E-state index in [9.17, 15) is 4.79 Å². The molecular formula is C9H15NO2. The first-order chi connectivity index (χ1) is 5.86. The normalized spacial score (nSPS) is 46.1. The Hall–Kier alpha value is -0.410. The molecular weight excluding hydrogens is 154 g/mol. The van der Waals surface area contributed by atoms with Gasteiger partial charge in [0.2, 0.25) is 0 Å². The van der Waals surface area contributed by atoms with Crippen LogP contribution in [0.15, 0.2) is 0 Å². The molecule has 12 heavy (non-hydrogen) atoms. The number of rotatable bonds is 2. The minimum absolute atomic E-state index is 0.0949. The summed E-state index contributed by atoms with van der Waals surface area (Å²) >= 11 is 0. The van der Waals surface area contributed by atoms with Gasteiger partial charge in [-0.05, 0) is 31.8 Å². The number of aliphatic hydroxyl groups excluding tert-OH is 1. The molecule has 3 fully saturated rings. The third kappa shape index (κ3) is 1.08. The van der Waals surface area contributed by atoms with Gasteiger partial charge in [0.05, 0.1) is 6.61 Å². The van der Waals surface area contributed by atoms with Crippen molar-refractivity contribution in [2.75, 3.05) is 19.7 Å². The first kappa shape index (κ1) is 8.20. The molecule has 0 saturated carbocycles. The van der Waals surface area contributed by atoms with Crippen molar-refractivity contribution >= 4 is 6.29 Å². The number of fused-ring (bicyclic) bond motifs is 3. The molecule has 0 radical (unpaired) electrons. The highest BCUT2D eigenvalue weighted by molar-refractivity contribution is 5.56. The maximum Gasteiger partial charge on any atom is 0.125 e. The summed E-state index contributed by atoms with van der Waals surface area (Å²) in [6.07, 6.45) is 3.32. The smallest absolute Gasteiger partial charge is 0.125 e. The Morgan fingerprint density at radius 1 is 1.42 bits per heavy atom. The van der Waals surface area contributed by atoms with Crippen molar-refractivity contribution in [3.63, 3.8) is 0 Å². The topological polar surface area (TPSA) is 40.5 Å². The van der Waals surface area contributed by atoms with Crippen molar-refractivity contribution in [1.29, 1.82) is 0 Å². The van der Waals surface area contributed by atoms with E-state index in [1.807, 2.05) is 0 Å². The zero-order chi connectivity index (χ0) is 8.55. The second-order valence-electron chi connectivity index (χ2n) is 3.84. The van der Waals surface area contributed by atoms with Gasteiger partial charge in [-0.3, -0.25) is 4.90 Å². The Labute approximate surface area is 72.4 Å². The predicted molar refractivity (Wildman–Crippen MR) is 44.7 cm³/mol. The lowest BCUT2D eigenvalue weighted by Gasteiger charge is -2.48. The lowest BCUT2D eigenvalue weighted by Crippen LogP contribution is -2.56. The highest BCUT2D eigenvalue weighted by Gasteiger charge is 2.41. The first-order valence-electron chi connectivity index (χ1n) is 4.67. The van der Waals surface area contributed by atoms with Crippen molar-refractivity contribution in [1.82, 2.24) is 4.90 Å². The number of hydrogen-bond donors (Lipinski definition) is 1. The van der Waals surface area contributed by atoms with Gasteiger partial charge in [-0.15, -0.1) is 0 Å². The van der Waals surface area contributed by atoms with Crippen LogP contribution in [-0.4, -0.2) is 42.0 Å². The SMILES string of the molecule is O=CC1C2CCN(CC2)C1CO. The quantitative estimate of drug-likeness (QED) is 0.586. The van der Waals surface area contributed by atoms with Crippen molar-refractivity contribution < 1.29 is 9.90 Å². The van der Waals surface area contributed by atoms with E-state index in [1.165, 1.54) is 0 Å². The van der Waals surface area contributed by atoms with Gasteiger partial charge in [0.15, 0.2) is 0 Å². The van der Waals surface area contributed by atoms with Crippen molar-refractivity contribution in [3.8, 4) is 0 Å². The maximum atomic E-state index is 10.8. The van der Waals surface area contributed by atoms with E-state index in [-0.39, 0.29) is 18.6 Å². The van der Waals surface area contributed by atoms with Gasteiger partial charge in [0, 0.05) is 12.0 Å². The Morgan fingerprint density at radius 3 is 2.50 bits per heavy atom. The van der Waals surface area contributed by atoms with E-state index < -0.39 is 0 Å². The van der Waals surface area contributed by atoms with E-state index in [2.05, 4.69) is 4.90 Å². The molecule has 3 heteroatoms. The molecule has 3 heterocycles. The monoisotopic (exact) mass is 169 g/mol. The summed E-state index contributed by atoms with van der Waals surface area (Å²) in [4.78, 5) is 13.0. The molecule has 0 amide bonds. The molecule has 3 nitrogen and oxygen atoms in total. The molecule has 3 rings (SSSR count). The first-order valence-corrected chi connectivity index (χ1v) is 4.67. The molecule has 3 aliphatic heterocycles. The number of hydrogen-bond acceptors (Lipinski definition) is 3. The Bertz CT molecular complexity index is 175. The fraction of sp³-hybridized carbons (Fsp3) is 0.889. The van der Waals surface area contributed by atoms with E-state index in [4.69, 9.17) is 5.11 Å². The molecule has 0 aliphatic carbocycles. The highest BCUT2D eigenvalue weighted by Crippen LogP contribution is 2.35. The second-order valence-corrected chi connectivity index (χ2v) is 3.84. The molecule has 0 aromatic rings. The van der Waals surface area contributed by atoms with Crippen LogP contribution < -0.4 is 0 Å². The summed E-state index contributed by atoms with van der Waals surface area (Å²) < 4.78 is 0.